The molecule has 1 aliphatic rings. The number of primary sulfonamides is 1. The molecule has 118 valence electrons. The molecular weight excluding hydrogens is 294 g/mol. The summed E-state index contributed by atoms with van der Waals surface area (Å²) in [6.45, 7) is 5.38. The predicted molar refractivity (Wildman–Crippen MR) is 79.2 cm³/mol. The van der Waals surface area contributed by atoms with E-state index in [1.54, 1.807) is 45.3 Å². The summed E-state index contributed by atoms with van der Waals surface area (Å²) in [4.78, 5) is 13.8. The molecule has 7 nitrogen and oxygen atoms in total. The zero-order valence-electron chi connectivity index (χ0n) is 12.3. The molecule has 1 aliphatic carbocycles. The van der Waals surface area contributed by atoms with Crippen LogP contribution in [-0.4, -0.2) is 30.1 Å². The van der Waals surface area contributed by atoms with Crippen LogP contribution in [0.3, 0.4) is 0 Å². The van der Waals surface area contributed by atoms with Crippen LogP contribution >= 0.6 is 0 Å². The van der Waals surface area contributed by atoms with Gasteiger partial charge in [-0.3, -0.25) is 4.98 Å². The standard InChI is InChI=1S/C8H10N2O2S.C5H11NO2/c9-13(11,12)8(3-4-8)7-2-1-5-10-6-7;1-5(2,3)6-4(7)8/h1-2,5-6H,3-4H2,(H2,9,11,12);6H,1-3H3,(H,7,8). The number of sulfonamides is 1. The number of nitrogens with one attached hydrogen (secondary N) is 1. The number of pyridine rings is 1. The lowest BCUT2D eigenvalue weighted by molar-refractivity contribution is 0.184. The Morgan fingerprint density at radius 1 is 1.43 bits per heavy atom. The van der Waals surface area contributed by atoms with E-state index in [2.05, 4.69) is 10.3 Å². The molecule has 8 heteroatoms. The van der Waals surface area contributed by atoms with Crippen LogP contribution in [0.4, 0.5) is 4.79 Å². The minimum atomic E-state index is -3.48. The quantitative estimate of drug-likeness (QED) is 0.761. The van der Waals surface area contributed by atoms with Gasteiger partial charge in [0.15, 0.2) is 0 Å². The van der Waals surface area contributed by atoms with E-state index in [0.29, 0.717) is 18.4 Å². The fourth-order valence-corrected chi connectivity index (χ4v) is 2.92. The fourth-order valence-electron chi connectivity index (χ4n) is 1.80. The van der Waals surface area contributed by atoms with E-state index in [0.717, 1.165) is 0 Å². The van der Waals surface area contributed by atoms with Gasteiger partial charge in [0.1, 0.15) is 4.75 Å². The van der Waals surface area contributed by atoms with Crippen molar-refractivity contribution in [2.75, 3.05) is 0 Å². The Kier molecular flexibility index (Phi) is 4.95. The summed E-state index contributed by atoms with van der Waals surface area (Å²) in [7, 11) is -3.48. The number of aromatic nitrogens is 1. The molecule has 0 aromatic carbocycles. The second kappa shape index (κ2) is 5.98. The molecule has 0 saturated heterocycles. The minimum absolute atomic E-state index is 0.328. The Hall–Kier alpha value is -1.67. The Labute approximate surface area is 124 Å². The van der Waals surface area contributed by atoms with Gasteiger partial charge in [0.2, 0.25) is 10.0 Å². The number of hydrogen-bond donors (Lipinski definition) is 3. The van der Waals surface area contributed by atoms with Gasteiger partial charge in [-0.1, -0.05) is 6.07 Å². The third-order valence-corrected chi connectivity index (χ3v) is 4.65. The van der Waals surface area contributed by atoms with Crippen molar-refractivity contribution in [3.63, 3.8) is 0 Å². The second-order valence-corrected chi connectivity index (χ2v) is 7.83. The summed E-state index contributed by atoms with van der Waals surface area (Å²) in [6, 6.07) is 3.48. The highest BCUT2D eigenvalue weighted by atomic mass is 32.2. The maximum absolute atomic E-state index is 11.3. The zero-order chi connectivity index (χ0) is 16.3. The smallest absolute Gasteiger partial charge is 0.405 e. The maximum Gasteiger partial charge on any atom is 0.405 e. The first-order valence-corrected chi connectivity index (χ1v) is 7.96. The summed E-state index contributed by atoms with van der Waals surface area (Å²) < 4.78 is 21.7. The minimum Gasteiger partial charge on any atom is -0.465 e. The number of amides is 1. The van der Waals surface area contributed by atoms with Crippen LogP contribution in [0.25, 0.3) is 0 Å². The molecule has 1 aromatic rings. The highest BCUT2D eigenvalue weighted by Crippen LogP contribution is 2.51. The Bertz CT molecular complexity index is 590. The zero-order valence-corrected chi connectivity index (χ0v) is 13.1. The van der Waals surface area contributed by atoms with Gasteiger partial charge in [-0.2, -0.15) is 0 Å². The molecule has 1 amide bonds. The van der Waals surface area contributed by atoms with Crippen LogP contribution in [0.15, 0.2) is 24.5 Å². The summed E-state index contributed by atoms with van der Waals surface area (Å²) in [5.74, 6) is 0. The van der Waals surface area contributed by atoms with Crippen molar-refractivity contribution >= 4 is 16.1 Å². The summed E-state index contributed by atoms with van der Waals surface area (Å²) in [6.07, 6.45) is 3.42. The van der Waals surface area contributed by atoms with Gasteiger partial charge < -0.3 is 10.4 Å². The number of carboxylic acid groups (broad SMARTS) is 1. The first-order chi connectivity index (χ1) is 9.48. The number of nitrogens with zero attached hydrogens (tertiary/aromatic N) is 1. The Balaban J connectivity index is 0.000000240. The monoisotopic (exact) mass is 315 g/mol. The van der Waals surface area contributed by atoms with Gasteiger partial charge in [0.25, 0.3) is 0 Å². The van der Waals surface area contributed by atoms with Crippen molar-refractivity contribution in [1.82, 2.24) is 10.3 Å². The van der Waals surface area contributed by atoms with Gasteiger partial charge in [-0.05, 0) is 45.2 Å². The average Bonchev–Trinajstić information content (AvgIpc) is 3.07. The van der Waals surface area contributed by atoms with E-state index in [-0.39, 0.29) is 5.54 Å². The van der Waals surface area contributed by atoms with Crippen LogP contribution in [0.1, 0.15) is 39.2 Å². The van der Waals surface area contributed by atoms with Crippen molar-refractivity contribution in [2.24, 2.45) is 5.14 Å². The van der Waals surface area contributed by atoms with E-state index in [4.69, 9.17) is 10.2 Å². The van der Waals surface area contributed by atoms with E-state index < -0.39 is 20.9 Å². The van der Waals surface area contributed by atoms with Gasteiger partial charge in [-0.15, -0.1) is 0 Å². The predicted octanol–water partition coefficient (Wildman–Crippen LogP) is 1.41. The third kappa shape index (κ3) is 4.98. The average molecular weight is 315 g/mol. The molecule has 0 aliphatic heterocycles. The third-order valence-electron chi connectivity index (χ3n) is 2.92. The highest BCUT2D eigenvalue weighted by molar-refractivity contribution is 7.90. The second-order valence-electron chi connectivity index (χ2n) is 5.96. The molecule has 1 heterocycles. The molecule has 1 fully saturated rings. The molecule has 21 heavy (non-hydrogen) atoms. The van der Waals surface area contributed by atoms with Crippen molar-refractivity contribution in [3.8, 4) is 0 Å². The van der Waals surface area contributed by atoms with Crippen LogP contribution in [0, 0.1) is 0 Å². The molecule has 0 atom stereocenters. The maximum atomic E-state index is 11.3. The molecule has 0 bridgehead atoms. The molecule has 1 saturated carbocycles. The van der Waals surface area contributed by atoms with E-state index in [1.807, 2.05) is 0 Å². The number of carbonyl (C=O) groups is 1. The number of nitrogens with two attached hydrogens (primary N) is 1. The van der Waals surface area contributed by atoms with Gasteiger partial charge in [0, 0.05) is 17.9 Å². The molecule has 4 N–H and O–H groups in total. The SMILES string of the molecule is CC(C)(C)NC(=O)O.NS(=O)(=O)C1(c2cccnc2)CC1. The number of rotatable bonds is 2. The summed E-state index contributed by atoms with van der Waals surface area (Å²) in [5.41, 5.74) is 0.378. The van der Waals surface area contributed by atoms with E-state index in [9.17, 15) is 13.2 Å². The lowest BCUT2D eigenvalue weighted by Crippen LogP contribution is -2.39. The van der Waals surface area contributed by atoms with Crippen LogP contribution in [0.2, 0.25) is 0 Å². The molecule has 0 radical (unpaired) electrons. The molecule has 2 rings (SSSR count). The first-order valence-electron chi connectivity index (χ1n) is 6.42. The lowest BCUT2D eigenvalue weighted by Gasteiger charge is -2.16. The Morgan fingerprint density at radius 3 is 2.24 bits per heavy atom. The van der Waals surface area contributed by atoms with Crippen LogP contribution in [-0.2, 0) is 14.8 Å². The molecular formula is C13H21N3O4S. The number of hydrogen-bond acceptors (Lipinski definition) is 4. The van der Waals surface area contributed by atoms with E-state index in [1.165, 1.54) is 0 Å². The Morgan fingerprint density at radius 2 is 2.00 bits per heavy atom. The molecule has 1 aromatic heterocycles. The van der Waals surface area contributed by atoms with E-state index >= 15 is 0 Å². The lowest BCUT2D eigenvalue weighted by atomic mass is 10.1. The first kappa shape index (κ1) is 17.4. The normalized spacial score (nSPS) is 16.4. The van der Waals surface area contributed by atoms with Gasteiger partial charge >= 0.3 is 6.09 Å². The summed E-state index contributed by atoms with van der Waals surface area (Å²) >= 11 is 0. The largest absolute Gasteiger partial charge is 0.465 e. The van der Waals surface area contributed by atoms with Gasteiger partial charge in [0.05, 0.1) is 0 Å². The van der Waals surface area contributed by atoms with Crippen molar-refractivity contribution in [1.29, 1.82) is 0 Å². The fraction of sp³-hybridized carbons (Fsp3) is 0.538. The van der Waals surface area contributed by atoms with Crippen molar-refractivity contribution in [3.05, 3.63) is 30.1 Å². The summed E-state index contributed by atoms with van der Waals surface area (Å²) in [5, 5.41) is 15.6. The highest BCUT2D eigenvalue weighted by Gasteiger charge is 2.54. The van der Waals surface area contributed by atoms with Crippen LogP contribution in [0.5, 0.6) is 0 Å². The topological polar surface area (TPSA) is 122 Å². The van der Waals surface area contributed by atoms with Gasteiger partial charge in [-0.25, -0.2) is 18.4 Å². The molecule has 0 spiro atoms. The van der Waals surface area contributed by atoms with Crippen molar-refractivity contribution in [2.45, 2.75) is 43.9 Å². The van der Waals surface area contributed by atoms with Crippen molar-refractivity contribution < 1.29 is 18.3 Å². The van der Waals surface area contributed by atoms with Crippen LogP contribution < -0.4 is 10.5 Å². The molecule has 0 unspecified atom stereocenters.